The van der Waals surface area contributed by atoms with Crippen molar-refractivity contribution in [1.29, 1.82) is 0 Å². The topological polar surface area (TPSA) is 104 Å². The normalized spacial score (nSPS) is 14.3. The van der Waals surface area contributed by atoms with Crippen LogP contribution in [0.2, 0.25) is 0 Å². The summed E-state index contributed by atoms with van der Waals surface area (Å²) in [6.45, 7) is 4.31. The van der Waals surface area contributed by atoms with Crippen LogP contribution in [0.4, 0.5) is 0 Å². The predicted molar refractivity (Wildman–Crippen MR) is 109 cm³/mol. The molecule has 29 heavy (non-hydrogen) atoms. The first-order valence-electron chi connectivity index (χ1n) is 8.91. The highest BCUT2D eigenvalue weighted by Gasteiger charge is 2.36. The van der Waals surface area contributed by atoms with Crippen molar-refractivity contribution in [3.63, 3.8) is 0 Å². The number of rotatable bonds is 5. The van der Waals surface area contributed by atoms with E-state index in [1.807, 2.05) is 19.9 Å². The molecule has 0 saturated heterocycles. The Labute approximate surface area is 167 Å². The molecule has 0 heterocycles. The average molecular weight is 392 g/mol. The monoisotopic (exact) mass is 392 g/mol. The highest BCUT2D eigenvalue weighted by molar-refractivity contribution is 6.46. The number of carbonyl (C=O) groups is 2. The van der Waals surface area contributed by atoms with Crippen molar-refractivity contribution in [3.05, 3.63) is 82.8 Å². The Morgan fingerprint density at radius 2 is 1.24 bits per heavy atom. The first kappa shape index (κ1) is 19.9. The maximum Gasteiger partial charge on any atom is 0.232 e. The summed E-state index contributed by atoms with van der Waals surface area (Å²) in [4.78, 5) is 25.3. The lowest BCUT2D eigenvalue weighted by molar-refractivity contribution is -0.116. The molecule has 0 aliphatic heterocycles. The summed E-state index contributed by atoms with van der Waals surface area (Å²) >= 11 is 0. The van der Waals surface area contributed by atoms with E-state index in [9.17, 15) is 24.9 Å². The van der Waals surface area contributed by atoms with E-state index in [-0.39, 0.29) is 28.0 Å². The quantitative estimate of drug-likeness (QED) is 0.522. The number of phenols is 1. The van der Waals surface area contributed by atoms with Gasteiger partial charge in [0.15, 0.2) is 11.5 Å². The van der Waals surface area contributed by atoms with E-state index in [2.05, 4.69) is 0 Å². The van der Waals surface area contributed by atoms with Crippen LogP contribution < -0.4 is 4.74 Å². The second-order valence-corrected chi connectivity index (χ2v) is 6.77. The molecule has 0 aromatic heterocycles. The number of aliphatic hydroxyl groups excluding tert-OH is 2. The van der Waals surface area contributed by atoms with Crippen LogP contribution in [-0.4, -0.2) is 33.5 Å². The zero-order valence-electron chi connectivity index (χ0n) is 16.0. The van der Waals surface area contributed by atoms with E-state index in [0.29, 0.717) is 12.4 Å². The molecule has 0 bridgehead atoms. The lowest BCUT2D eigenvalue weighted by Gasteiger charge is -2.18. The molecule has 0 atom stereocenters. The van der Waals surface area contributed by atoms with E-state index < -0.39 is 23.1 Å². The molecule has 3 N–H and O–H groups in total. The Balaban J connectivity index is 1.91. The summed E-state index contributed by atoms with van der Waals surface area (Å²) in [5.41, 5.74) is 1.04. The van der Waals surface area contributed by atoms with Gasteiger partial charge in [-0.15, -0.1) is 0 Å². The molecular formula is C23H20O6. The highest BCUT2D eigenvalue weighted by Crippen LogP contribution is 2.34. The number of hydrogen-bond acceptors (Lipinski definition) is 6. The molecule has 3 rings (SSSR count). The summed E-state index contributed by atoms with van der Waals surface area (Å²) in [6.07, 6.45) is 1.92. The van der Waals surface area contributed by atoms with Crippen molar-refractivity contribution >= 4 is 22.7 Å². The SMILES string of the molecule is CC(C)=CCOc1ccc(C2=C(O)C(=O)C(c3ccc(O)cc3)=C(O)C2=O)cc1. The second kappa shape index (κ2) is 8.06. The van der Waals surface area contributed by atoms with Crippen LogP contribution >= 0.6 is 0 Å². The number of carbonyl (C=O) groups excluding carboxylic acids is 2. The number of Topliss-reactive ketones (excluding diaryl/α,β-unsaturated/α-hetero) is 2. The van der Waals surface area contributed by atoms with Crippen LogP contribution in [0.25, 0.3) is 11.1 Å². The van der Waals surface area contributed by atoms with E-state index in [1.54, 1.807) is 12.1 Å². The van der Waals surface area contributed by atoms with Gasteiger partial charge in [-0.3, -0.25) is 9.59 Å². The fraction of sp³-hybridized carbons (Fsp3) is 0.130. The number of allylic oxidation sites excluding steroid dienone is 3. The van der Waals surface area contributed by atoms with Crippen molar-refractivity contribution in [2.75, 3.05) is 6.61 Å². The Kier molecular flexibility index (Phi) is 5.54. The van der Waals surface area contributed by atoms with E-state index >= 15 is 0 Å². The first-order chi connectivity index (χ1) is 13.8. The molecule has 1 aliphatic rings. The minimum Gasteiger partial charge on any atom is -0.508 e. The number of ketones is 2. The molecule has 0 saturated carbocycles. The first-order valence-corrected chi connectivity index (χ1v) is 8.91. The van der Waals surface area contributed by atoms with Crippen LogP contribution in [0, 0.1) is 0 Å². The van der Waals surface area contributed by atoms with E-state index in [1.165, 1.54) is 36.4 Å². The highest BCUT2D eigenvalue weighted by atomic mass is 16.5. The molecule has 6 heteroatoms. The molecule has 0 amide bonds. The van der Waals surface area contributed by atoms with Gasteiger partial charge < -0.3 is 20.1 Å². The molecule has 2 aromatic rings. The van der Waals surface area contributed by atoms with Crippen molar-refractivity contribution in [2.45, 2.75) is 13.8 Å². The predicted octanol–water partition coefficient (Wildman–Crippen LogP) is 4.13. The Morgan fingerprint density at radius 1 is 0.793 bits per heavy atom. The molecule has 0 radical (unpaired) electrons. The van der Waals surface area contributed by atoms with Gasteiger partial charge in [-0.25, -0.2) is 0 Å². The zero-order valence-corrected chi connectivity index (χ0v) is 16.0. The third-order valence-electron chi connectivity index (χ3n) is 4.40. The van der Waals surface area contributed by atoms with Gasteiger partial charge >= 0.3 is 0 Å². The summed E-state index contributed by atoms with van der Waals surface area (Å²) in [5.74, 6) is -2.69. The lowest BCUT2D eigenvalue weighted by Crippen LogP contribution is -2.22. The molecule has 1 aliphatic carbocycles. The number of aliphatic hydroxyl groups is 2. The Hall–Kier alpha value is -3.80. The number of aromatic hydroxyl groups is 1. The smallest absolute Gasteiger partial charge is 0.232 e. The van der Waals surface area contributed by atoms with Gasteiger partial charge in [0.1, 0.15) is 18.1 Å². The molecular weight excluding hydrogens is 372 g/mol. The molecule has 2 aromatic carbocycles. The summed E-state index contributed by atoms with van der Waals surface area (Å²) in [7, 11) is 0. The number of benzene rings is 2. The molecule has 0 fully saturated rings. The summed E-state index contributed by atoms with van der Waals surface area (Å²) in [6, 6.07) is 11.7. The fourth-order valence-electron chi connectivity index (χ4n) is 2.87. The largest absolute Gasteiger partial charge is 0.508 e. The molecule has 6 nitrogen and oxygen atoms in total. The van der Waals surface area contributed by atoms with Crippen LogP contribution in [0.3, 0.4) is 0 Å². The van der Waals surface area contributed by atoms with Gasteiger partial charge in [0.25, 0.3) is 0 Å². The number of ether oxygens (including phenoxy) is 1. The van der Waals surface area contributed by atoms with Crippen LogP contribution in [0.1, 0.15) is 25.0 Å². The van der Waals surface area contributed by atoms with Crippen molar-refractivity contribution in [3.8, 4) is 11.5 Å². The number of hydrogen-bond donors (Lipinski definition) is 3. The molecule has 0 unspecified atom stereocenters. The summed E-state index contributed by atoms with van der Waals surface area (Å²) in [5, 5.41) is 30.2. The third kappa shape index (κ3) is 4.06. The van der Waals surface area contributed by atoms with Crippen LogP contribution in [-0.2, 0) is 9.59 Å². The fourth-order valence-corrected chi connectivity index (χ4v) is 2.87. The average Bonchev–Trinajstić information content (AvgIpc) is 2.69. The lowest BCUT2D eigenvalue weighted by atomic mass is 9.86. The van der Waals surface area contributed by atoms with Crippen LogP contribution in [0.5, 0.6) is 11.5 Å². The zero-order chi connectivity index (χ0) is 21.1. The van der Waals surface area contributed by atoms with Crippen LogP contribution in [0.15, 0.2) is 71.7 Å². The third-order valence-corrected chi connectivity index (χ3v) is 4.40. The maximum atomic E-state index is 12.7. The minimum atomic E-state index is -0.869. The molecule has 0 spiro atoms. The van der Waals surface area contributed by atoms with Gasteiger partial charge in [0, 0.05) is 0 Å². The second-order valence-electron chi connectivity index (χ2n) is 6.77. The van der Waals surface area contributed by atoms with Gasteiger partial charge in [-0.2, -0.15) is 0 Å². The van der Waals surface area contributed by atoms with Gasteiger partial charge in [-0.1, -0.05) is 29.8 Å². The van der Waals surface area contributed by atoms with Gasteiger partial charge in [0.2, 0.25) is 11.6 Å². The van der Waals surface area contributed by atoms with E-state index in [0.717, 1.165) is 5.57 Å². The van der Waals surface area contributed by atoms with Crippen molar-refractivity contribution in [1.82, 2.24) is 0 Å². The van der Waals surface area contributed by atoms with Crippen molar-refractivity contribution in [2.24, 2.45) is 0 Å². The van der Waals surface area contributed by atoms with E-state index in [4.69, 9.17) is 4.74 Å². The Bertz CT molecular complexity index is 1050. The minimum absolute atomic E-state index is 0.0317. The maximum absolute atomic E-state index is 12.7. The van der Waals surface area contributed by atoms with Gasteiger partial charge in [-0.05, 0) is 55.3 Å². The van der Waals surface area contributed by atoms with Crippen molar-refractivity contribution < 1.29 is 29.6 Å². The number of phenolic OH excluding ortho intramolecular Hbond substituents is 1. The Morgan fingerprint density at radius 3 is 1.69 bits per heavy atom. The summed E-state index contributed by atoms with van der Waals surface area (Å²) < 4.78 is 5.55. The van der Waals surface area contributed by atoms with Gasteiger partial charge in [0.05, 0.1) is 11.1 Å². The standard InChI is InChI=1S/C23H20O6/c1-13(2)11-12-29-17-9-5-15(6-10-17)19-22(27)20(25)18(21(26)23(19)28)14-3-7-16(24)8-4-14/h3-11,24-25,28H,12H2,1-2H3. The molecule has 148 valence electrons.